The van der Waals surface area contributed by atoms with Crippen LogP contribution in [0.5, 0.6) is 5.75 Å². The van der Waals surface area contributed by atoms with Crippen LogP contribution in [0.4, 0.5) is 0 Å². The maximum Gasteiger partial charge on any atom is 0.119 e. The number of fused-ring (bicyclic) bond motifs is 1. The van der Waals surface area contributed by atoms with E-state index in [1.54, 1.807) is 7.11 Å². The lowest BCUT2D eigenvalue weighted by molar-refractivity contribution is 0.412. The van der Waals surface area contributed by atoms with Crippen molar-refractivity contribution in [1.82, 2.24) is 4.98 Å². The summed E-state index contributed by atoms with van der Waals surface area (Å²) in [4.78, 5) is 4.60. The summed E-state index contributed by atoms with van der Waals surface area (Å²) in [5.74, 6) is 0.903. The van der Waals surface area contributed by atoms with Gasteiger partial charge in [0.2, 0.25) is 0 Å². The van der Waals surface area contributed by atoms with Crippen LogP contribution in [0.3, 0.4) is 0 Å². The highest BCUT2D eigenvalue weighted by Gasteiger charge is 2.27. The third-order valence-corrected chi connectivity index (χ3v) is 4.88. The lowest BCUT2D eigenvalue weighted by Gasteiger charge is -2.30. The van der Waals surface area contributed by atoms with E-state index in [0.29, 0.717) is 0 Å². The minimum atomic E-state index is -0.0480. The van der Waals surface area contributed by atoms with E-state index in [2.05, 4.69) is 67.4 Å². The maximum atomic E-state index is 5.40. The lowest BCUT2D eigenvalue weighted by atomic mass is 9.74. The summed E-state index contributed by atoms with van der Waals surface area (Å²) in [5, 5.41) is 1.19. The van der Waals surface area contributed by atoms with Crippen LogP contribution >= 0.6 is 0 Å². The molecular weight excluding hydrogens is 282 g/mol. The molecule has 0 fully saturated rings. The maximum absolute atomic E-state index is 5.40. The molecule has 1 aromatic heterocycles. The monoisotopic (exact) mass is 305 g/mol. The van der Waals surface area contributed by atoms with E-state index in [4.69, 9.17) is 4.74 Å². The molecule has 23 heavy (non-hydrogen) atoms. The fourth-order valence-electron chi connectivity index (χ4n) is 3.11. The van der Waals surface area contributed by atoms with Crippen molar-refractivity contribution in [3.8, 4) is 5.75 Å². The van der Waals surface area contributed by atoms with E-state index in [1.807, 2.05) is 13.0 Å². The number of ether oxygens (including phenoxy) is 1. The Labute approximate surface area is 138 Å². The Kier molecular flexibility index (Phi) is 4.08. The van der Waals surface area contributed by atoms with Gasteiger partial charge in [0.1, 0.15) is 5.75 Å². The van der Waals surface area contributed by atoms with Gasteiger partial charge in [-0.1, -0.05) is 38.1 Å². The molecule has 2 heteroatoms. The van der Waals surface area contributed by atoms with Gasteiger partial charge < -0.3 is 4.74 Å². The predicted molar refractivity (Wildman–Crippen MR) is 96.2 cm³/mol. The van der Waals surface area contributed by atoms with E-state index in [0.717, 1.165) is 23.4 Å². The van der Waals surface area contributed by atoms with Gasteiger partial charge in [-0.25, -0.2) is 0 Å². The van der Waals surface area contributed by atoms with Crippen molar-refractivity contribution in [2.24, 2.45) is 0 Å². The number of methoxy groups -OCH3 is 1. The second-order valence-corrected chi connectivity index (χ2v) is 6.28. The summed E-state index contributed by atoms with van der Waals surface area (Å²) in [6.45, 7) is 6.56. The number of aryl methyl sites for hydroxylation is 1. The highest BCUT2D eigenvalue weighted by Crippen LogP contribution is 2.37. The average Bonchev–Trinajstić information content (AvgIpc) is 2.60. The number of rotatable bonds is 4. The quantitative estimate of drug-likeness (QED) is 0.655. The molecular formula is C21H23NO. The Bertz CT molecular complexity index is 840. The Balaban J connectivity index is 2.13. The lowest BCUT2D eigenvalue weighted by Crippen LogP contribution is -2.22. The van der Waals surface area contributed by atoms with Crippen LogP contribution in [-0.4, -0.2) is 12.1 Å². The molecule has 0 radical (unpaired) electrons. The van der Waals surface area contributed by atoms with E-state index in [-0.39, 0.29) is 5.41 Å². The Morgan fingerprint density at radius 2 is 1.78 bits per heavy atom. The van der Waals surface area contributed by atoms with Gasteiger partial charge in [-0.15, -0.1) is 0 Å². The molecule has 0 N–H and O–H groups in total. The van der Waals surface area contributed by atoms with Gasteiger partial charge in [0.05, 0.1) is 12.6 Å². The van der Waals surface area contributed by atoms with Gasteiger partial charge in [0, 0.05) is 16.5 Å². The second kappa shape index (κ2) is 6.04. The molecule has 1 atom stereocenters. The number of nitrogens with zero attached hydrogens (tertiary/aromatic N) is 1. The molecule has 0 aliphatic carbocycles. The molecule has 0 amide bonds. The number of benzene rings is 2. The molecule has 0 aliphatic rings. The third kappa shape index (κ3) is 2.81. The first kappa shape index (κ1) is 15.5. The molecule has 3 aromatic rings. The number of hydrogen-bond donors (Lipinski definition) is 0. The zero-order chi connectivity index (χ0) is 16.4. The fourth-order valence-corrected chi connectivity index (χ4v) is 3.11. The zero-order valence-corrected chi connectivity index (χ0v) is 14.3. The van der Waals surface area contributed by atoms with E-state index >= 15 is 0 Å². The van der Waals surface area contributed by atoms with Crippen molar-refractivity contribution in [2.75, 3.05) is 7.11 Å². The van der Waals surface area contributed by atoms with Crippen LogP contribution in [0.2, 0.25) is 0 Å². The molecule has 1 heterocycles. The predicted octanol–water partition coefficient (Wildman–Crippen LogP) is 5.27. The Morgan fingerprint density at radius 1 is 1.00 bits per heavy atom. The van der Waals surface area contributed by atoms with E-state index in [1.165, 1.54) is 16.5 Å². The minimum Gasteiger partial charge on any atom is -0.497 e. The zero-order valence-electron chi connectivity index (χ0n) is 14.3. The summed E-state index contributed by atoms with van der Waals surface area (Å²) >= 11 is 0. The Hall–Kier alpha value is -2.35. The van der Waals surface area contributed by atoms with E-state index < -0.39 is 0 Å². The van der Waals surface area contributed by atoms with Gasteiger partial charge in [-0.3, -0.25) is 4.98 Å². The van der Waals surface area contributed by atoms with Crippen molar-refractivity contribution in [1.29, 1.82) is 0 Å². The van der Waals surface area contributed by atoms with Crippen molar-refractivity contribution >= 4 is 10.9 Å². The summed E-state index contributed by atoms with van der Waals surface area (Å²) in [7, 11) is 1.71. The number of aromatic nitrogens is 1. The van der Waals surface area contributed by atoms with Crippen LogP contribution in [0.15, 0.2) is 54.6 Å². The highest BCUT2D eigenvalue weighted by atomic mass is 16.5. The van der Waals surface area contributed by atoms with Gasteiger partial charge in [-0.2, -0.15) is 0 Å². The van der Waals surface area contributed by atoms with Gasteiger partial charge >= 0.3 is 0 Å². The summed E-state index contributed by atoms with van der Waals surface area (Å²) in [6.07, 6.45) is 1.02. The largest absolute Gasteiger partial charge is 0.497 e. The molecule has 0 saturated carbocycles. The van der Waals surface area contributed by atoms with Crippen LogP contribution in [0, 0.1) is 6.92 Å². The van der Waals surface area contributed by atoms with E-state index in [9.17, 15) is 0 Å². The second-order valence-electron chi connectivity index (χ2n) is 6.28. The molecule has 2 aromatic carbocycles. The highest BCUT2D eigenvalue weighted by molar-refractivity contribution is 5.80. The molecule has 0 aliphatic heterocycles. The smallest absolute Gasteiger partial charge is 0.119 e. The molecule has 0 bridgehead atoms. The molecule has 118 valence electrons. The third-order valence-electron chi connectivity index (χ3n) is 4.88. The number of pyridine rings is 1. The van der Waals surface area contributed by atoms with Crippen LogP contribution in [0.1, 0.15) is 37.1 Å². The van der Waals surface area contributed by atoms with Crippen molar-refractivity contribution in [3.63, 3.8) is 0 Å². The van der Waals surface area contributed by atoms with Crippen LogP contribution in [-0.2, 0) is 5.41 Å². The minimum absolute atomic E-state index is 0.0480. The number of hydrogen-bond acceptors (Lipinski definition) is 2. The first-order chi connectivity index (χ1) is 11.1. The first-order valence-electron chi connectivity index (χ1n) is 8.09. The molecule has 2 nitrogen and oxygen atoms in total. The molecule has 0 saturated heterocycles. The van der Waals surface area contributed by atoms with Crippen molar-refractivity contribution in [3.05, 3.63) is 71.4 Å². The Morgan fingerprint density at radius 3 is 2.52 bits per heavy atom. The van der Waals surface area contributed by atoms with Gasteiger partial charge in [0.15, 0.2) is 0 Å². The normalized spacial score (nSPS) is 13.7. The molecule has 0 spiro atoms. The summed E-state index contributed by atoms with van der Waals surface area (Å²) in [6, 6.07) is 19.2. The van der Waals surface area contributed by atoms with Crippen molar-refractivity contribution < 1.29 is 4.74 Å². The fraction of sp³-hybridized carbons (Fsp3) is 0.286. The molecule has 0 unspecified atom stereocenters. The van der Waals surface area contributed by atoms with Gasteiger partial charge in [-0.05, 0) is 54.8 Å². The standard InChI is InChI=1S/C21H23NO/c1-5-21(3,17-7-6-8-19(14-17)23-4)18-11-12-20-16(13-18)10-9-15(2)22-20/h6-14H,5H2,1-4H3/t21-/m1/s1. The van der Waals surface area contributed by atoms with Crippen LogP contribution in [0.25, 0.3) is 10.9 Å². The summed E-state index contributed by atoms with van der Waals surface area (Å²) < 4.78 is 5.40. The molecule has 3 rings (SSSR count). The SMILES string of the molecule is CC[C@](C)(c1cccc(OC)c1)c1ccc2nc(C)ccc2c1. The van der Waals surface area contributed by atoms with Gasteiger partial charge in [0.25, 0.3) is 0 Å². The van der Waals surface area contributed by atoms with Crippen LogP contribution < -0.4 is 4.74 Å². The summed E-state index contributed by atoms with van der Waals surface area (Å²) in [5.41, 5.74) is 4.65. The topological polar surface area (TPSA) is 22.1 Å². The average molecular weight is 305 g/mol. The van der Waals surface area contributed by atoms with Crippen molar-refractivity contribution in [2.45, 2.75) is 32.6 Å². The first-order valence-corrected chi connectivity index (χ1v) is 8.09.